The van der Waals surface area contributed by atoms with Gasteiger partial charge in [-0.3, -0.25) is 9.59 Å². The first-order chi connectivity index (χ1) is 15.6. The third-order valence-electron chi connectivity index (χ3n) is 6.72. The fraction of sp³-hybridized carbons (Fsp3) is 0.214. The molecule has 1 N–H and O–H groups in total. The molecule has 0 heterocycles. The van der Waals surface area contributed by atoms with Crippen LogP contribution in [0.1, 0.15) is 40.5 Å². The molecule has 3 aromatic carbocycles. The lowest BCUT2D eigenvalue weighted by atomic mass is 9.52. The number of aryl methyl sites for hydroxylation is 1. The predicted octanol–water partition coefficient (Wildman–Crippen LogP) is 5.42. The molecule has 0 amide bonds. The van der Waals surface area contributed by atoms with Crippen LogP contribution in [-0.2, 0) is 20.7 Å². The van der Waals surface area contributed by atoms with Gasteiger partial charge in [0.2, 0.25) is 0 Å². The lowest BCUT2D eigenvalue weighted by Crippen LogP contribution is -2.51. The summed E-state index contributed by atoms with van der Waals surface area (Å²) in [6.45, 7) is 0. The van der Waals surface area contributed by atoms with Gasteiger partial charge in [0.15, 0.2) is 0 Å². The molecular weight excluding hydrogens is 400 g/mol. The number of ether oxygens (including phenoxy) is 1. The standard InChI is InChI=1S/C28H24O4/c29-27(30)25-23(19-10-3-1-4-11-19)26(24(25)20-12-5-2-6-13-20)28(31)32-22-16-15-18-9-7-8-14-21(18)17-22/h1-14,17,23-26H,15-16H2,(H,29,30)/t23-,24-,25-,26-/m1/s1. The second kappa shape index (κ2) is 8.46. The number of carboxylic acid groups (broad SMARTS) is 1. The third kappa shape index (κ3) is 3.62. The van der Waals surface area contributed by atoms with Crippen molar-refractivity contribution in [2.45, 2.75) is 24.7 Å². The Morgan fingerprint density at radius 1 is 0.719 bits per heavy atom. The number of carbonyl (C=O) groups excluding carboxylic acids is 1. The molecule has 4 heteroatoms. The quantitative estimate of drug-likeness (QED) is 0.556. The average Bonchev–Trinajstić information content (AvgIpc) is 2.79. The van der Waals surface area contributed by atoms with Crippen molar-refractivity contribution in [1.82, 2.24) is 0 Å². The summed E-state index contributed by atoms with van der Waals surface area (Å²) in [5.74, 6) is -2.69. The van der Waals surface area contributed by atoms with Gasteiger partial charge in [-0.25, -0.2) is 0 Å². The van der Waals surface area contributed by atoms with Gasteiger partial charge >= 0.3 is 11.9 Å². The Morgan fingerprint density at radius 2 is 1.28 bits per heavy atom. The van der Waals surface area contributed by atoms with Crippen molar-refractivity contribution in [3.63, 3.8) is 0 Å². The van der Waals surface area contributed by atoms with Crippen LogP contribution >= 0.6 is 0 Å². The number of allylic oxidation sites excluding steroid dienone is 1. The van der Waals surface area contributed by atoms with Gasteiger partial charge in [0.1, 0.15) is 5.76 Å². The second-order valence-corrected chi connectivity index (χ2v) is 8.49. The Kier molecular flexibility index (Phi) is 5.36. The van der Waals surface area contributed by atoms with Crippen molar-refractivity contribution in [3.8, 4) is 0 Å². The smallest absolute Gasteiger partial charge is 0.315 e. The van der Waals surface area contributed by atoms with Crippen LogP contribution in [0.5, 0.6) is 0 Å². The van der Waals surface area contributed by atoms with Crippen LogP contribution < -0.4 is 0 Å². The number of carbonyl (C=O) groups is 2. The van der Waals surface area contributed by atoms with Crippen molar-refractivity contribution in [2.24, 2.45) is 11.8 Å². The molecule has 1 fully saturated rings. The maximum Gasteiger partial charge on any atom is 0.315 e. The molecule has 2 aliphatic rings. The number of hydrogen-bond acceptors (Lipinski definition) is 3. The maximum absolute atomic E-state index is 13.5. The molecule has 5 rings (SSSR count). The summed E-state index contributed by atoms with van der Waals surface area (Å²) in [6.07, 6.45) is 3.41. The minimum Gasteiger partial charge on any atom is -0.481 e. The molecule has 32 heavy (non-hydrogen) atoms. The van der Waals surface area contributed by atoms with Crippen LogP contribution in [0.15, 0.2) is 90.7 Å². The van der Waals surface area contributed by atoms with E-state index in [0.29, 0.717) is 12.2 Å². The molecule has 0 aliphatic heterocycles. The molecular formula is C28H24O4. The van der Waals surface area contributed by atoms with E-state index < -0.39 is 29.6 Å². The molecule has 4 nitrogen and oxygen atoms in total. The molecule has 0 bridgehead atoms. The van der Waals surface area contributed by atoms with Crippen molar-refractivity contribution < 1.29 is 19.4 Å². The largest absolute Gasteiger partial charge is 0.481 e. The van der Waals surface area contributed by atoms with Crippen molar-refractivity contribution in [3.05, 3.63) is 113 Å². The molecule has 2 aliphatic carbocycles. The fourth-order valence-electron chi connectivity index (χ4n) is 5.21. The van der Waals surface area contributed by atoms with Gasteiger partial charge < -0.3 is 9.84 Å². The summed E-state index contributed by atoms with van der Waals surface area (Å²) in [5.41, 5.74) is 4.03. The second-order valence-electron chi connectivity index (χ2n) is 8.49. The fourth-order valence-corrected chi connectivity index (χ4v) is 5.21. The van der Waals surface area contributed by atoms with E-state index in [1.807, 2.05) is 84.9 Å². The summed E-state index contributed by atoms with van der Waals surface area (Å²) in [6, 6.07) is 27.0. The Hall–Kier alpha value is -3.66. The van der Waals surface area contributed by atoms with Gasteiger partial charge in [0.25, 0.3) is 0 Å². The monoisotopic (exact) mass is 424 g/mol. The van der Waals surface area contributed by atoms with Gasteiger partial charge in [-0.2, -0.15) is 0 Å². The van der Waals surface area contributed by atoms with E-state index in [0.717, 1.165) is 23.1 Å². The predicted molar refractivity (Wildman–Crippen MR) is 122 cm³/mol. The van der Waals surface area contributed by atoms with Crippen LogP contribution in [0.4, 0.5) is 0 Å². The van der Waals surface area contributed by atoms with E-state index in [-0.39, 0.29) is 5.97 Å². The number of rotatable bonds is 5. The Balaban J connectivity index is 1.49. The number of carboxylic acids is 1. The van der Waals surface area contributed by atoms with Crippen LogP contribution in [-0.4, -0.2) is 17.0 Å². The number of hydrogen-bond donors (Lipinski definition) is 1. The summed E-state index contributed by atoms with van der Waals surface area (Å²) in [7, 11) is 0. The highest BCUT2D eigenvalue weighted by atomic mass is 16.5. The van der Waals surface area contributed by atoms with Crippen LogP contribution in [0, 0.1) is 11.8 Å². The van der Waals surface area contributed by atoms with E-state index in [2.05, 4.69) is 6.07 Å². The molecule has 0 unspecified atom stereocenters. The zero-order valence-corrected chi connectivity index (χ0v) is 17.6. The minimum absolute atomic E-state index is 0.351. The first-order valence-corrected chi connectivity index (χ1v) is 11.0. The lowest BCUT2D eigenvalue weighted by molar-refractivity contribution is -0.161. The first kappa shape index (κ1) is 20.3. The Morgan fingerprint density at radius 3 is 1.88 bits per heavy atom. The summed E-state index contributed by atoms with van der Waals surface area (Å²) in [4.78, 5) is 25.8. The highest BCUT2D eigenvalue weighted by molar-refractivity contribution is 5.85. The van der Waals surface area contributed by atoms with Gasteiger partial charge in [0, 0.05) is 18.3 Å². The number of aliphatic carboxylic acids is 1. The van der Waals surface area contributed by atoms with Crippen molar-refractivity contribution in [1.29, 1.82) is 0 Å². The van der Waals surface area contributed by atoms with Crippen LogP contribution in [0.25, 0.3) is 6.08 Å². The highest BCUT2D eigenvalue weighted by Gasteiger charge is 2.59. The van der Waals surface area contributed by atoms with Crippen LogP contribution in [0.3, 0.4) is 0 Å². The van der Waals surface area contributed by atoms with Crippen molar-refractivity contribution in [2.75, 3.05) is 0 Å². The van der Waals surface area contributed by atoms with E-state index in [1.54, 1.807) is 0 Å². The van der Waals surface area contributed by atoms with Gasteiger partial charge in [-0.1, -0.05) is 84.9 Å². The number of esters is 1. The topological polar surface area (TPSA) is 63.6 Å². The first-order valence-electron chi connectivity index (χ1n) is 11.0. The van der Waals surface area contributed by atoms with E-state index >= 15 is 0 Å². The Labute approximate surface area is 187 Å². The maximum atomic E-state index is 13.5. The van der Waals surface area contributed by atoms with E-state index in [9.17, 15) is 14.7 Å². The molecule has 0 aromatic heterocycles. The third-order valence-corrected chi connectivity index (χ3v) is 6.72. The zero-order valence-electron chi connectivity index (χ0n) is 17.6. The Bertz CT molecular complexity index is 1120. The summed E-state index contributed by atoms with van der Waals surface area (Å²) < 4.78 is 5.91. The lowest BCUT2D eigenvalue weighted by Gasteiger charge is -2.49. The summed E-state index contributed by atoms with van der Waals surface area (Å²) >= 11 is 0. The van der Waals surface area contributed by atoms with Crippen molar-refractivity contribution >= 4 is 18.0 Å². The normalized spacial score (nSPS) is 23.9. The molecule has 0 spiro atoms. The minimum atomic E-state index is -0.887. The van der Waals surface area contributed by atoms with E-state index in [4.69, 9.17) is 4.74 Å². The molecule has 3 aromatic rings. The average molecular weight is 424 g/mol. The molecule has 0 radical (unpaired) electrons. The molecule has 0 saturated heterocycles. The SMILES string of the molecule is O=C(O)[C@H]1[C@@H](c2ccccc2)[C@H](C(=O)OC2=Cc3ccccc3CC2)[C@@H]1c1ccccc1. The van der Waals surface area contributed by atoms with E-state index in [1.165, 1.54) is 5.56 Å². The van der Waals surface area contributed by atoms with Gasteiger partial charge in [-0.15, -0.1) is 0 Å². The molecule has 160 valence electrons. The highest BCUT2D eigenvalue weighted by Crippen LogP contribution is 2.58. The molecule has 2 atom stereocenters. The van der Waals surface area contributed by atoms with Gasteiger partial charge in [0.05, 0.1) is 11.8 Å². The molecule has 1 saturated carbocycles. The number of fused-ring (bicyclic) bond motifs is 1. The number of benzene rings is 3. The summed E-state index contributed by atoms with van der Waals surface area (Å²) in [5, 5.41) is 10.1. The zero-order chi connectivity index (χ0) is 22.1. The van der Waals surface area contributed by atoms with Crippen LogP contribution in [0.2, 0.25) is 0 Å². The van der Waals surface area contributed by atoms with Gasteiger partial charge in [-0.05, 0) is 34.8 Å².